The molecule has 0 aliphatic carbocycles. The molecule has 0 atom stereocenters. The maximum atomic E-state index is 5.43. The summed E-state index contributed by atoms with van der Waals surface area (Å²) >= 11 is 8.95. The SMILES string of the molecule is Cc1cccc(CCn2c(=S)[nH]c3ccc(Br)cc32)c1. The van der Waals surface area contributed by atoms with E-state index in [0.29, 0.717) is 0 Å². The molecule has 0 aliphatic heterocycles. The van der Waals surface area contributed by atoms with Crippen LogP contribution in [-0.4, -0.2) is 9.55 Å². The molecule has 1 N–H and O–H groups in total. The van der Waals surface area contributed by atoms with Crippen molar-refractivity contribution in [2.45, 2.75) is 19.9 Å². The van der Waals surface area contributed by atoms with Crippen molar-refractivity contribution in [3.8, 4) is 0 Å². The third kappa shape index (κ3) is 2.72. The van der Waals surface area contributed by atoms with Gasteiger partial charge in [0.25, 0.3) is 0 Å². The van der Waals surface area contributed by atoms with Gasteiger partial charge in [-0.1, -0.05) is 45.8 Å². The molecule has 0 bridgehead atoms. The Bertz CT molecular complexity index is 817. The summed E-state index contributed by atoms with van der Waals surface area (Å²) in [4.78, 5) is 3.26. The van der Waals surface area contributed by atoms with Crippen molar-refractivity contribution in [1.82, 2.24) is 9.55 Å². The van der Waals surface area contributed by atoms with Crippen molar-refractivity contribution in [1.29, 1.82) is 0 Å². The van der Waals surface area contributed by atoms with Gasteiger partial charge in [-0.05, 0) is 49.3 Å². The van der Waals surface area contributed by atoms with E-state index >= 15 is 0 Å². The molecule has 0 saturated carbocycles. The maximum absolute atomic E-state index is 5.43. The van der Waals surface area contributed by atoms with Gasteiger partial charge >= 0.3 is 0 Å². The highest BCUT2D eigenvalue weighted by Gasteiger charge is 2.05. The van der Waals surface area contributed by atoms with E-state index in [4.69, 9.17) is 12.2 Å². The van der Waals surface area contributed by atoms with Gasteiger partial charge in [0.15, 0.2) is 4.77 Å². The molecular weight excluding hydrogens is 332 g/mol. The van der Waals surface area contributed by atoms with Crippen LogP contribution in [0.3, 0.4) is 0 Å². The van der Waals surface area contributed by atoms with E-state index < -0.39 is 0 Å². The first-order valence-corrected chi connectivity index (χ1v) is 7.77. The van der Waals surface area contributed by atoms with Crippen LogP contribution in [-0.2, 0) is 13.0 Å². The third-order valence-electron chi connectivity index (χ3n) is 3.44. The molecule has 2 aromatic carbocycles. The lowest BCUT2D eigenvalue weighted by Gasteiger charge is -2.06. The Morgan fingerprint density at radius 3 is 2.85 bits per heavy atom. The van der Waals surface area contributed by atoms with E-state index in [1.807, 2.05) is 6.07 Å². The molecule has 3 aromatic rings. The number of hydrogen-bond acceptors (Lipinski definition) is 1. The van der Waals surface area contributed by atoms with Crippen molar-refractivity contribution in [2.75, 3.05) is 0 Å². The lowest BCUT2D eigenvalue weighted by atomic mass is 10.1. The average molecular weight is 347 g/mol. The number of rotatable bonds is 3. The molecule has 4 heteroatoms. The van der Waals surface area contributed by atoms with Crippen LogP contribution in [0.15, 0.2) is 46.9 Å². The Kier molecular flexibility index (Phi) is 3.76. The summed E-state index contributed by atoms with van der Waals surface area (Å²) in [5, 5.41) is 0. The summed E-state index contributed by atoms with van der Waals surface area (Å²) < 4.78 is 4.02. The second-order valence-electron chi connectivity index (χ2n) is 4.98. The Morgan fingerprint density at radius 1 is 1.20 bits per heavy atom. The minimum atomic E-state index is 0.783. The number of H-pyrrole nitrogens is 1. The van der Waals surface area contributed by atoms with E-state index in [1.165, 1.54) is 11.1 Å². The van der Waals surface area contributed by atoms with Gasteiger partial charge in [-0.25, -0.2) is 0 Å². The lowest BCUT2D eigenvalue weighted by molar-refractivity contribution is 0.706. The molecule has 0 amide bonds. The number of aryl methyl sites for hydroxylation is 3. The predicted octanol–water partition coefficient (Wildman–Crippen LogP) is 5.01. The van der Waals surface area contributed by atoms with Crippen LogP contribution >= 0.6 is 28.1 Å². The largest absolute Gasteiger partial charge is 0.331 e. The monoisotopic (exact) mass is 346 g/mol. The molecule has 0 radical (unpaired) electrons. The van der Waals surface area contributed by atoms with Gasteiger partial charge in [-0.3, -0.25) is 0 Å². The molecule has 0 aliphatic rings. The number of aromatic nitrogens is 2. The van der Waals surface area contributed by atoms with Crippen LogP contribution < -0.4 is 0 Å². The predicted molar refractivity (Wildman–Crippen MR) is 89.7 cm³/mol. The summed E-state index contributed by atoms with van der Waals surface area (Å²) in [5.74, 6) is 0. The van der Waals surface area contributed by atoms with Crippen LogP contribution in [0.4, 0.5) is 0 Å². The number of aromatic amines is 1. The smallest absolute Gasteiger partial charge is 0.178 e. The first-order chi connectivity index (χ1) is 9.63. The van der Waals surface area contributed by atoms with Crippen LogP contribution in [0.5, 0.6) is 0 Å². The van der Waals surface area contributed by atoms with Crippen molar-refractivity contribution < 1.29 is 0 Å². The topological polar surface area (TPSA) is 20.7 Å². The maximum Gasteiger partial charge on any atom is 0.178 e. The summed E-state index contributed by atoms with van der Waals surface area (Å²) in [6, 6.07) is 14.8. The number of halogens is 1. The van der Waals surface area contributed by atoms with Gasteiger partial charge in [-0.15, -0.1) is 0 Å². The second-order valence-corrected chi connectivity index (χ2v) is 6.28. The minimum absolute atomic E-state index is 0.783. The first kappa shape index (κ1) is 13.6. The zero-order chi connectivity index (χ0) is 14.1. The minimum Gasteiger partial charge on any atom is -0.331 e. The zero-order valence-corrected chi connectivity index (χ0v) is 13.6. The molecular formula is C16H15BrN2S. The van der Waals surface area contributed by atoms with E-state index in [0.717, 1.165) is 33.2 Å². The van der Waals surface area contributed by atoms with Gasteiger partial charge in [0.05, 0.1) is 11.0 Å². The van der Waals surface area contributed by atoms with Crippen molar-refractivity contribution >= 4 is 39.2 Å². The Hall–Kier alpha value is -1.39. The van der Waals surface area contributed by atoms with Crippen LogP contribution in [0.1, 0.15) is 11.1 Å². The fourth-order valence-electron chi connectivity index (χ4n) is 2.46. The fourth-order valence-corrected chi connectivity index (χ4v) is 3.11. The first-order valence-electron chi connectivity index (χ1n) is 6.57. The number of nitrogens with one attached hydrogen (secondary N) is 1. The second kappa shape index (κ2) is 5.54. The van der Waals surface area contributed by atoms with Gasteiger partial charge in [0, 0.05) is 11.0 Å². The van der Waals surface area contributed by atoms with Crippen molar-refractivity contribution in [3.05, 3.63) is 62.8 Å². The number of fused-ring (bicyclic) bond motifs is 1. The normalized spacial score (nSPS) is 11.1. The summed E-state index contributed by atoms with van der Waals surface area (Å²) in [5.41, 5.74) is 4.88. The quantitative estimate of drug-likeness (QED) is 0.661. The Morgan fingerprint density at radius 2 is 2.05 bits per heavy atom. The molecule has 0 fully saturated rings. The van der Waals surface area contributed by atoms with Crippen LogP contribution in [0, 0.1) is 11.7 Å². The molecule has 1 aromatic heterocycles. The molecule has 0 unspecified atom stereocenters. The zero-order valence-electron chi connectivity index (χ0n) is 11.2. The molecule has 102 valence electrons. The van der Waals surface area contributed by atoms with Gasteiger partial charge in [0.1, 0.15) is 0 Å². The third-order valence-corrected chi connectivity index (χ3v) is 4.26. The van der Waals surface area contributed by atoms with E-state index in [9.17, 15) is 0 Å². The van der Waals surface area contributed by atoms with Gasteiger partial charge in [0.2, 0.25) is 0 Å². The fraction of sp³-hybridized carbons (Fsp3) is 0.188. The highest BCUT2D eigenvalue weighted by molar-refractivity contribution is 9.10. The van der Waals surface area contributed by atoms with E-state index in [-0.39, 0.29) is 0 Å². The van der Waals surface area contributed by atoms with Crippen LogP contribution in [0.25, 0.3) is 11.0 Å². The Labute approximate surface area is 131 Å². The van der Waals surface area contributed by atoms with E-state index in [2.05, 4.69) is 68.8 Å². The highest BCUT2D eigenvalue weighted by Crippen LogP contribution is 2.20. The molecule has 1 heterocycles. The standard InChI is InChI=1S/C16H15BrN2S/c1-11-3-2-4-12(9-11)7-8-19-15-10-13(17)5-6-14(15)18-16(19)20/h2-6,9-10H,7-8H2,1H3,(H,18,20). The number of benzene rings is 2. The van der Waals surface area contributed by atoms with E-state index in [1.54, 1.807) is 0 Å². The molecule has 20 heavy (non-hydrogen) atoms. The number of hydrogen-bond donors (Lipinski definition) is 1. The summed E-state index contributed by atoms with van der Waals surface area (Å²) in [6.45, 7) is 3.01. The molecule has 3 rings (SSSR count). The van der Waals surface area contributed by atoms with Crippen molar-refractivity contribution in [3.63, 3.8) is 0 Å². The number of imidazole rings is 1. The van der Waals surface area contributed by atoms with Crippen LogP contribution in [0.2, 0.25) is 0 Å². The highest BCUT2D eigenvalue weighted by atomic mass is 79.9. The lowest BCUT2D eigenvalue weighted by Crippen LogP contribution is -2.01. The molecule has 0 spiro atoms. The number of nitrogens with zero attached hydrogens (tertiary/aromatic N) is 1. The molecule has 2 nitrogen and oxygen atoms in total. The van der Waals surface area contributed by atoms with Gasteiger partial charge in [-0.2, -0.15) is 0 Å². The summed E-state index contributed by atoms with van der Waals surface area (Å²) in [7, 11) is 0. The van der Waals surface area contributed by atoms with Crippen molar-refractivity contribution in [2.24, 2.45) is 0 Å². The summed E-state index contributed by atoms with van der Waals surface area (Å²) in [6.07, 6.45) is 0.982. The Balaban J connectivity index is 1.93. The van der Waals surface area contributed by atoms with Gasteiger partial charge < -0.3 is 9.55 Å². The molecule has 0 saturated heterocycles. The average Bonchev–Trinajstić information content (AvgIpc) is 2.72.